The number of halogens is 3. The summed E-state index contributed by atoms with van der Waals surface area (Å²) in [6.45, 7) is 4.83. The van der Waals surface area contributed by atoms with Crippen molar-refractivity contribution in [1.29, 1.82) is 0 Å². The maximum atomic E-state index is 11.1. The third-order valence-corrected chi connectivity index (χ3v) is 1.37. The molecule has 0 atom stereocenters. The number of nitrogens with zero attached hydrogens (tertiary/aromatic N) is 1. The Morgan fingerprint density at radius 2 is 1.88 bits per heavy atom. The SMILES string of the molecule is CC(C)(C)OC(=O)N/N=C(\N)OCC(Cl)(Cl)Cl. The van der Waals surface area contributed by atoms with Gasteiger partial charge in [-0.05, 0) is 20.8 Å². The predicted molar refractivity (Wildman–Crippen MR) is 67.2 cm³/mol. The number of nitrogens with two attached hydrogens (primary N) is 1. The van der Waals surface area contributed by atoms with Crippen molar-refractivity contribution in [2.75, 3.05) is 6.61 Å². The summed E-state index contributed by atoms with van der Waals surface area (Å²) < 4.78 is 8.03. The zero-order valence-corrected chi connectivity index (χ0v) is 11.9. The van der Waals surface area contributed by atoms with Gasteiger partial charge in [-0.3, -0.25) is 0 Å². The first-order valence-electron chi connectivity index (χ1n) is 4.51. The van der Waals surface area contributed by atoms with Crippen LogP contribution in [0.3, 0.4) is 0 Å². The van der Waals surface area contributed by atoms with Crippen LogP contribution in [0.25, 0.3) is 0 Å². The Hall–Kier alpha value is -0.590. The van der Waals surface area contributed by atoms with Crippen molar-refractivity contribution in [1.82, 2.24) is 5.43 Å². The van der Waals surface area contributed by atoms with Gasteiger partial charge in [-0.25, -0.2) is 10.2 Å². The second-order valence-corrected chi connectivity index (χ2v) is 6.48. The fourth-order valence-corrected chi connectivity index (χ4v) is 0.753. The molecule has 9 heteroatoms. The number of nitrogens with one attached hydrogen (secondary N) is 1. The Bertz CT molecular complexity index is 297. The van der Waals surface area contributed by atoms with Gasteiger partial charge < -0.3 is 15.2 Å². The van der Waals surface area contributed by atoms with Crippen LogP contribution in [0.15, 0.2) is 5.10 Å². The highest BCUT2D eigenvalue weighted by molar-refractivity contribution is 6.67. The zero-order chi connectivity index (χ0) is 13.7. The predicted octanol–water partition coefficient (Wildman–Crippen LogP) is 2.13. The lowest BCUT2D eigenvalue weighted by molar-refractivity contribution is 0.0527. The van der Waals surface area contributed by atoms with E-state index >= 15 is 0 Å². The van der Waals surface area contributed by atoms with Crippen LogP contribution in [0, 0.1) is 0 Å². The van der Waals surface area contributed by atoms with Crippen molar-refractivity contribution in [3.63, 3.8) is 0 Å². The molecule has 0 saturated carbocycles. The largest absolute Gasteiger partial charge is 0.460 e. The van der Waals surface area contributed by atoms with Crippen molar-refractivity contribution in [2.24, 2.45) is 10.8 Å². The molecule has 0 aliphatic rings. The molecule has 0 aromatic carbocycles. The minimum absolute atomic E-state index is 0.289. The van der Waals surface area contributed by atoms with E-state index in [1.807, 2.05) is 5.43 Å². The maximum absolute atomic E-state index is 11.1. The van der Waals surface area contributed by atoms with E-state index in [0.29, 0.717) is 0 Å². The van der Waals surface area contributed by atoms with Gasteiger partial charge in [0.1, 0.15) is 12.2 Å². The molecule has 0 rings (SSSR count). The van der Waals surface area contributed by atoms with Crippen LogP contribution < -0.4 is 11.2 Å². The molecule has 0 unspecified atom stereocenters. The third-order valence-electron chi connectivity index (χ3n) is 1.04. The van der Waals surface area contributed by atoms with Gasteiger partial charge in [0.2, 0.25) is 3.79 Å². The number of hydrogen-bond acceptors (Lipinski definition) is 4. The van der Waals surface area contributed by atoms with Crippen LogP contribution in [0.2, 0.25) is 0 Å². The molecule has 0 spiro atoms. The van der Waals surface area contributed by atoms with Crippen molar-refractivity contribution in [3.05, 3.63) is 0 Å². The molecule has 0 heterocycles. The van der Waals surface area contributed by atoms with Gasteiger partial charge in [-0.2, -0.15) is 0 Å². The standard InChI is InChI=1S/C8H14Cl3N3O3/c1-7(2,3)17-6(15)14-13-5(12)16-4-8(9,10)11/h4H2,1-3H3,(H2,12,13)(H,14,15). The van der Waals surface area contributed by atoms with Gasteiger partial charge in [0, 0.05) is 0 Å². The summed E-state index contributed by atoms with van der Waals surface area (Å²) in [5.74, 6) is 0. The molecule has 0 fully saturated rings. The van der Waals surface area contributed by atoms with Gasteiger partial charge in [0.25, 0.3) is 0 Å². The highest BCUT2D eigenvalue weighted by Crippen LogP contribution is 2.25. The number of carbonyl (C=O) groups is 1. The lowest BCUT2D eigenvalue weighted by atomic mass is 10.2. The van der Waals surface area contributed by atoms with Gasteiger partial charge in [-0.15, -0.1) is 5.10 Å². The molecule has 0 aliphatic heterocycles. The average molecular weight is 307 g/mol. The minimum Gasteiger partial charge on any atom is -0.460 e. The molecule has 0 saturated heterocycles. The summed E-state index contributed by atoms with van der Waals surface area (Å²) >= 11 is 16.2. The quantitative estimate of drug-likeness (QED) is 0.354. The fourth-order valence-electron chi connectivity index (χ4n) is 0.590. The van der Waals surface area contributed by atoms with E-state index in [4.69, 9.17) is 50.0 Å². The average Bonchev–Trinajstić information content (AvgIpc) is 2.07. The first-order valence-corrected chi connectivity index (χ1v) is 5.65. The molecule has 0 aromatic heterocycles. The summed E-state index contributed by atoms with van der Waals surface area (Å²) in [5.41, 5.74) is 6.67. The molecule has 17 heavy (non-hydrogen) atoms. The van der Waals surface area contributed by atoms with Crippen molar-refractivity contribution in [2.45, 2.75) is 30.2 Å². The molecule has 3 N–H and O–H groups in total. The highest BCUT2D eigenvalue weighted by Gasteiger charge is 2.21. The normalized spacial score (nSPS) is 13.2. The lowest BCUT2D eigenvalue weighted by Crippen LogP contribution is -2.32. The minimum atomic E-state index is -1.61. The Balaban J connectivity index is 4.03. The Morgan fingerprint density at radius 1 is 1.35 bits per heavy atom. The summed E-state index contributed by atoms with van der Waals surface area (Å²) in [7, 11) is 0. The molecule has 100 valence electrons. The number of alkyl halides is 3. The first kappa shape index (κ1) is 16.4. The topological polar surface area (TPSA) is 85.9 Å². The summed E-state index contributed by atoms with van der Waals surface area (Å²) in [5, 5.41) is 3.38. The number of hydrazone groups is 1. The van der Waals surface area contributed by atoms with Gasteiger partial charge in [0.15, 0.2) is 0 Å². The second-order valence-electron chi connectivity index (χ2n) is 3.97. The van der Waals surface area contributed by atoms with Crippen LogP contribution >= 0.6 is 34.8 Å². The third kappa shape index (κ3) is 11.7. The van der Waals surface area contributed by atoms with Crippen LogP contribution in [0.1, 0.15) is 20.8 Å². The van der Waals surface area contributed by atoms with E-state index in [1.165, 1.54) is 0 Å². The first-order chi connectivity index (χ1) is 7.49. The molecule has 0 bridgehead atoms. The summed E-state index contributed by atoms with van der Waals surface area (Å²) in [6, 6.07) is -0.345. The molecular formula is C8H14Cl3N3O3. The van der Waals surface area contributed by atoms with E-state index < -0.39 is 15.5 Å². The number of amidine groups is 1. The van der Waals surface area contributed by atoms with E-state index in [-0.39, 0.29) is 12.6 Å². The Kier molecular flexibility index (Phi) is 6.15. The van der Waals surface area contributed by atoms with Crippen molar-refractivity contribution in [3.8, 4) is 0 Å². The van der Waals surface area contributed by atoms with Crippen LogP contribution in [-0.2, 0) is 9.47 Å². The maximum Gasteiger partial charge on any atom is 0.428 e. The summed E-state index contributed by atoms with van der Waals surface area (Å²) in [6.07, 6.45) is -0.766. The number of carbonyl (C=O) groups excluding carboxylic acids is 1. The van der Waals surface area contributed by atoms with Gasteiger partial charge >= 0.3 is 12.1 Å². The summed E-state index contributed by atoms with van der Waals surface area (Å²) in [4.78, 5) is 11.1. The zero-order valence-electron chi connectivity index (χ0n) is 9.59. The molecule has 0 aromatic rings. The van der Waals surface area contributed by atoms with E-state index in [1.54, 1.807) is 20.8 Å². The van der Waals surface area contributed by atoms with Gasteiger partial charge in [0.05, 0.1) is 0 Å². The molecular weight excluding hydrogens is 292 g/mol. The molecule has 1 amide bonds. The van der Waals surface area contributed by atoms with Crippen LogP contribution in [-0.4, -0.2) is 28.1 Å². The highest BCUT2D eigenvalue weighted by atomic mass is 35.6. The molecule has 0 radical (unpaired) electrons. The number of ether oxygens (including phenoxy) is 2. The number of rotatable bonds is 2. The van der Waals surface area contributed by atoms with Gasteiger partial charge in [-0.1, -0.05) is 34.8 Å². The van der Waals surface area contributed by atoms with E-state index in [0.717, 1.165) is 0 Å². The Morgan fingerprint density at radius 3 is 2.29 bits per heavy atom. The molecule has 6 nitrogen and oxygen atoms in total. The van der Waals surface area contributed by atoms with Crippen LogP contribution in [0.5, 0.6) is 0 Å². The lowest BCUT2D eigenvalue weighted by Gasteiger charge is -2.18. The monoisotopic (exact) mass is 305 g/mol. The number of hydrogen-bond donors (Lipinski definition) is 2. The molecule has 0 aliphatic carbocycles. The smallest absolute Gasteiger partial charge is 0.428 e. The van der Waals surface area contributed by atoms with Crippen LogP contribution in [0.4, 0.5) is 4.79 Å². The van der Waals surface area contributed by atoms with Crippen molar-refractivity contribution >= 4 is 46.9 Å². The number of amides is 1. The van der Waals surface area contributed by atoms with E-state index in [9.17, 15) is 4.79 Å². The fraction of sp³-hybridized carbons (Fsp3) is 0.750. The second kappa shape index (κ2) is 6.37. The Labute approximate surface area is 114 Å². The van der Waals surface area contributed by atoms with Crippen molar-refractivity contribution < 1.29 is 14.3 Å². The van der Waals surface area contributed by atoms with E-state index in [2.05, 4.69) is 5.10 Å².